The number of ketones is 1. The van der Waals surface area contributed by atoms with Crippen LogP contribution in [0.15, 0.2) is 30.6 Å². The Morgan fingerprint density at radius 2 is 2.28 bits per heavy atom. The van der Waals surface area contributed by atoms with Gasteiger partial charge in [-0.15, -0.1) is 0 Å². The largest absolute Gasteiger partial charge is 0.425 e. The Bertz CT molecular complexity index is 575. The number of imidazole rings is 1. The minimum Gasteiger partial charge on any atom is -0.425 e. The molecule has 18 heavy (non-hydrogen) atoms. The van der Waals surface area contributed by atoms with Crippen molar-refractivity contribution in [3.8, 4) is 11.8 Å². The van der Waals surface area contributed by atoms with E-state index in [-0.39, 0.29) is 5.78 Å². The molecular formula is C13H15N3O2. The molecule has 5 nitrogen and oxygen atoms in total. The van der Waals surface area contributed by atoms with Crippen molar-refractivity contribution in [2.75, 3.05) is 5.73 Å². The first-order valence-electron chi connectivity index (χ1n) is 5.71. The van der Waals surface area contributed by atoms with Gasteiger partial charge in [-0.25, -0.2) is 4.98 Å². The maximum atomic E-state index is 11.5. The van der Waals surface area contributed by atoms with Gasteiger partial charge in [-0.05, 0) is 32.0 Å². The lowest BCUT2D eigenvalue weighted by Crippen LogP contribution is -2.02. The third-order valence-corrected chi connectivity index (χ3v) is 2.60. The zero-order chi connectivity index (χ0) is 13.1. The van der Waals surface area contributed by atoms with Gasteiger partial charge in [-0.2, -0.15) is 0 Å². The number of aryl methyl sites for hydroxylation is 1. The molecular weight excluding hydrogens is 230 g/mol. The molecule has 0 amide bonds. The van der Waals surface area contributed by atoms with E-state index in [9.17, 15) is 4.79 Å². The van der Waals surface area contributed by atoms with Gasteiger partial charge in [-0.1, -0.05) is 0 Å². The van der Waals surface area contributed by atoms with Crippen molar-refractivity contribution >= 4 is 11.5 Å². The molecule has 0 bridgehead atoms. The van der Waals surface area contributed by atoms with E-state index in [1.807, 2.05) is 17.7 Å². The Hall–Kier alpha value is -2.30. The van der Waals surface area contributed by atoms with E-state index in [1.165, 1.54) is 6.92 Å². The zero-order valence-corrected chi connectivity index (χ0v) is 10.4. The van der Waals surface area contributed by atoms with Gasteiger partial charge in [0, 0.05) is 24.6 Å². The molecule has 0 aliphatic rings. The summed E-state index contributed by atoms with van der Waals surface area (Å²) in [6.45, 7) is 4.22. The van der Waals surface area contributed by atoms with Crippen molar-refractivity contribution in [1.82, 2.24) is 9.55 Å². The third-order valence-electron chi connectivity index (χ3n) is 2.60. The first kappa shape index (κ1) is 12.2. The van der Waals surface area contributed by atoms with Crippen LogP contribution < -0.4 is 10.5 Å². The summed E-state index contributed by atoms with van der Waals surface area (Å²) >= 11 is 0. The molecule has 0 fully saturated rings. The van der Waals surface area contributed by atoms with Crippen LogP contribution in [0.3, 0.4) is 0 Å². The summed E-state index contributed by atoms with van der Waals surface area (Å²) in [6, 6.07) is 5.45. The van der Waals surface area contributed by atoms with Gasteiger partial charge in [0.15, 0.2) is 5.78 Å². The molecule has 1 aromatic heterocycles. The maximum absolute atomic E-state index is 11.5. The van der Waals surface area contributed by atoms with E-state index < -0.39 is 0 Å². The molecule has 5 heteroatoms. The highest BCUT2D eigenvalue weighted by Gasteiger charge is 2.12. The number of anilines is 1. The lowest BCUT2D eigenvalue weighted by molar-refractivity contribution is 0.101. The summed E-state index contributed by atoms with van der Waals surface area (Å²) in [5.74, 6) is 0.379. The summed E-state index contributed by atoms with van der Waals surface area (Å²) in [7, 11) is 0. The van der Waals surface area contributed by atoms with Crippen LogP contribution in [-0.2, 0) is 6.54 Å². The number of nitrogen functional groups attached to an aromatic ring is 1. The summed E-state index contributed by atoms with van der Waals surface area (Å²) < 4.78 is 7.51. The number of carbonyl (C=O) groups excluding carboxylic acids is 1. The number of nitrogens with two attached hydrogens (primary N) is 1. The van der Waals surface area contributed by atoms with Crippen LogP contribution in [0.5, 0.6) is 11.8 Å². The molecule has 0 saturated heterocycles. The molecule has 0 saturated carbocycles. The van der Waals surface area contributed by atoms with Gasteiger partial charge in [0.05, 0.1) is 5.56 Å². The standard InChI is InChI=1S/C13H15N3O2/c1-3-16-7-6-15-13(16)18-12-5-4-10(14)8-11(12)9(2)17/h4-8H,3,14H2,1-2H3. The molecule has 2 N–H and O–H groups in total. The highest BCUT2D eigenvalue weighted by molar-refractivity contribution is 5.97. The van der Waals surface area contributed by atoms with E-state index in [2.05, 4.69) is 4.98 Å². The van der Waals surface area contributed by atoms with Gasteiger partial charge in [-0.3, -0.25) is 4.79 Å². The van der Waals surface area contributed by atoms with Crippen LogP contribution in [0, 0.1) is 0 Å². The van der Waals surface area contributed by atoms with Crippen molar-refractivity contribution < 1.29 is 9.53 Å². The number of ether oxygens (including phenoxy) is 1. The predicted octanol–water partition coefficient (Wildman–Crippen LogP) is 2.48. The number of benzene rings is 1. The number of carbonyl (C=O) groups is 1. The molecule has 0 unspecified atom stereocenters. The quantitative estimate of drug-likeness (QED) is 0.663. The fourth-order valence-electron chi connectivity index (χ4n) is 1.65. The van der Waals surface area contributed by atoms with E-state index in [4.69, 9.17) is 10.5 Å². The minimum atomic E-state index is -0.0908. The number of rotatable bonds is 4. The van der Waals surface area contributed by atoms with E-state index in [1.54, 1.807) is 24.4 Å². The maximum Gasteiger partial charge on any atom is 0.301 e. The van der Waals surface area contributed by atoms with Crippen LogP contribution in [-0.4, -0.2) is 15.3 Å². The van der Waals surface area contributed by atoms with Gasteiger partial charge in [0.25, 0.3) is 0 Å². The molecule has 94 valence electrons. The van der Waals surface area contributed by atoms with Crippen LogP contribution in [0.2, 0.25) is 0 Å². The molecule has 1 heterocycles. The Morgan fingerprint density at radius 3 is 2.94 bits per heavy atom. The fraction of sp³-hybridized carbons (Fsp3) is 0.231. The number of nitrogens with zero attached hydrogens (tertiary/aromatic N) is 2. The first-order chi connectivity index (χ1) is 8.61. The lowest BCUT2D eigenvalue weighted by atomic mass is 10.1. The number of hydrogen-bond acceptors (Lipinski definition) is 4. The summed E-state index contributed by atoms with van der Waals surface area (Å²) in [4.78, 5) is 15.6. The molecule has 0 spiro atoms. The zero-order valence-electron chi connectivity index (χ0n) is 10.4. The third kappa shape index (κ3) is 2.34. The van der Waals surface area contributed by atoms with Crippen molar-refractivity contribution in [2.45, 2.75) is 20.4 Å². The Morgan fingerprint density at radius 1 is 1.50 bits per heavy atom. The summed E-state index contributed by atoms with van der Waals surface area (Å²) in [5.41, 5.74) is 6.66. The summed E-state index contributed by atoms with van der Waals surface area (Å²) in [5, 5.41) is 0. The number of aromatic nitrogens is 2. The average molecular weight is 245 g/mol. The predicted molar refractivity (Wildman–Crippen MR) is 68.8 cm³/mol. The Labute approximate surface area is 105 Å². The number of Topliss-reactive ketones (excluding diaryl/α,β-unsaturated/α-hetero) is 1. The van der Waals surface area contributed by atoms with Crippen molar-refractivity contribution in [2.24, 2.45) is 0 Å². The van der Waals surface area contributed by atoms with Gasteiger partial charge >= 0.3 is 6.01 Å². The summed E-state index contributed by atoms with van der Waals surface area (Å²) in [6.07, 6.45) is 3.48. The van der Waals surface area contributed by atoms with Crippen LogP contribution in [0.1, 0.15) is 24.2 Å². The second kappa shape index (κ2) is 4.91. The first-order valence-corrected chi connectivity index (χ1v) is 5.71. The monoisotopic (exact) mass is 245 g/mol. The number of hydrogen-bond donors (Lipinski definition) is 1. The SMILES string of the molecule is CCn1ccnc1Oc1ccc(N)cc1C(C)=O. The van der Waals surface area contributed by atoms with Crippen molar-refractivity contribution in [1.29, 1.82) is 0 Å². The molecule has 0 atom stereocenters. The van der Waals surface area contributed by atoms with E-state index in [0.29, 0.717) is 23.0 Å². The molecule has 0 aliphatic carbocycles. The van der Waals surface area contributed by atoms with Crippen LogP contribution in [0.4, 0.5) is 5.69 Å². The Kier molecular flexibility index (Phi) is 3.32. The normalized spacial score (nSPS) is 10.3. The molecule has 2 rings (SSSR count). The topological polar surface area (TPSA) is 70.1 Å². The average Bonchev–Trinajstić information content (AvgIpc) is 2.78. The van der Waals surface area contributed by atoms with Crippen LogP contribution in [0.25, 0.3) is 0 Å². The minimum absolute atomic E-state index is 0.0908. The van der Waals surface area contributed by atoms with Crippen LogP contribution >= 0.6 is 0 Å². The lowest BCUT2D eigenvalue weighted by Gasteiger charge is -2.10. The highest BCUT2D eigenvalue weighted by atomic mass is 16.5. The van der Waals surface area contributed by atoms with E-state index in [0.717, 1.165) is 6.54 Å². The van der Waals surface area contributed by atoms with Gasteiger partial charge in [0.2, 0.25) is 0 Å². The van der Waals surface area contributed by atoms with Gasteiger partial charge in [0.1, 0.15) is 5.75 Å². The molecule has 0 radical (unpaired) electrons. The molecule has 2 aromatic rings. The second-order valence-electron chi connectivity index (χ2n) is 3.91. The van der Waals surface area contributed by atoms with E-state index >= 15 is 0 Å². The molecule has 0 aliphatic heterocycles. The second-order valence-corrected chi connectivity index (χ2v) is 3.91. The Balaban J connectivity index is 2.37. The molecule has 1 aromatic carbocycles. The van der Waals surface area contributed by atoms with Crippen molar-refractivity contribution in [3.63, 3.8) is 0 Å². The highest BCUT2D eigenvalue weighted by Crippen LogP contribution is 2.26. The van der Waals surface area contributed by atoms with Crippen molar-refractivity contribution in [3.05, 3.63) is 36.2 Å². The smallest absolute Gasteiger partial charge is 0.301 e. The van der Waals surface area contributed by atoms with Gasteiger partial charge < -0.3 is 15.0 Å². The fourth-order valence-corrected chi connectivity index (χ4v) is 1.65.